The molecule has 0 atom stereocenters. The van der Waals surface area contributed by atoms with Gasteiger partial charge in [-0.2, -0.15) is 0 Å². The summed E-state index contributed by atoms with van der Waals surface area (Å²) in [5.74, 6) is -0.506. The molecule has 0 amide bonds. The van der Waals surface area contributed by atoms with Gasteiger partial charge in [-0.05, 0) is 29.3 Å². The molecule has 0 bridgehead atoms. The van der Waals surface area contributed by atoms with E-state index >= 15 is 0 Å². The number of nitrogens with one attached hydrogen (secondary N) is 2. The maximum atomic E-state index is 12.4. The summed E-state index contributed by atoms with van der Waals surface area (Å²) in [5.41, 5.74) is 2.26. The van der Waals surface area contributed by atoms with E-state index in [4.69, 9.17) is 11.6 Å². The average Bonchev–Trinajstić information content (AvgIpc) is 3.08. The molecule has 2 aromatic carbocycles. The molecular weight excluding hydrogens is 378 g/mol. The van der Waals surface area contributed by atoms with Gasteiger partial charge in [-0.3, -0.25) is 19.8 Å². The van der Waals surface area contributed by atoms with Crippen molar-refractivity contribution in [3.63, 3.8) is 0 Å². The van der Waals surface area contributed by atoms with Crippen molar-refractivity contribution < 1.29 is 5.11 Å². The molecule has 0 spiro atoms. The van der Waals surface area contributed by atoms with Gasteiger partial charge in [0.05, 0.1) is 5.69 Å². The molecule has 138 valence electrons. The minimum absolute atomic E-state index is 0.0398. The zero-order valence-corrected chi connectivity index (χ0v) is 15.2. The summed E-state index contributed by atoms with van der Waals surface area (Å²) in [7, 11) is 0. The molecule has 0 radical (unpaired) electrons. The second kappa shape index (κ2) is 7.17. The van der Waals surface area contributed by atoms with E-state index in [-0.39, 0.29) is 5.56 Å². The SMILES string of the molecule is O=c1[nH]c(O)c(C(=CC=C2C=Nc3ccccc32)c2ccc(Cl)cc2)c(=O)[nH]1. The summed E-state index contributed by atoms with van der Waals surface area (Å²) < 4.78 is 0. The second-order valence-corrected chi connectivity index (χ2v) is 6.55. The number of benzene rings is 2. The van der Waals surface area contributed by atoms with Gasteiger partial charge in [0.15, 0.2) is 0 Å². The van der Waals surface area contributed by atoms with E-state index in [0.717, 1.165) is 16.8 Å². The lowest BCUT2D eigenvalue weighted by Gasteiger charge is -2.09. The molecule has 3 N–H and O–H groups in total. The molecule has 3 aromatic rings. The fraction of sp³-hybridized carbons (Fsp3) is 0. The number of H-pyrrole nitrogens is 2. The zero-order valence-electron chi connectivity index (χ0n) is 14.4. The summed E-state index contributed by atoms with van der Waals surface area (Å²) in [4.78, 5) is 32.5. The van der Waals surface area contributed by atoms with Crippen molar-refractivity contribution >= 4 is 34.6 Å². The summed E-state index contributed by atoms with van der Waals surface area (Å²) in [6, 6.07) is 14.5. The van der Waals surface area contributed by atoms with E-state index in [1.54, 1.807) is 36.6 Å². The minimum Gasteiger partial charge on any atom is -0.494 e. The molecule has 0 aliphatic carbocycles. The third-order valence-corrected chi connectivity index (χ3v) is 4.59. The van der Waals surface area contributed by atoms with E-state index in [1.807, 2.05) is 30.3 Å². The lowest BCUT2D eigenvalue weighted by molar-refractivity contribution is 0.446. The first-order valence-electron chi connectivity index (χ1n) is 8.40. The van der Waals surface area contributed by atoms with Gasteiger partial charge in [0.2, 0.25) is 5.88 Å². The highest BCUT2D eigenvalue weighted by atomic mass is 35.5. The number of allylic oxidation sites excluding steroid dienone is 3. The predicted molar refractivity (Wildman–Crippen MR) is 110 cm³/mol. The van der Waals surface area contributed by atoms with Crippen LogP contribution in [-0.2, 0) is 0 Å². The van der Waals surface area contributed by atoms with Gasteiger partial charge >= 0.3 is 5.69 Å². The van der Waals surface area contributed by atoms with Crippen LogP contribution in [0.15, 0.2) is 75.3 Å². The largest absolute Gasteiger partial charge is 0.494 e. The normalized spacial score (nSPS) is 14.5. The van der Waals surface area contributed by atoms with Gasteiger partial charge < -0.3 is 5.11 Å². The van der Waals surface area contributed by atoms with Gasteiger partial charge in [0.1, 0.15) is 5.56 Å². The number of aromatic amines is 2. The Morgan fingerprint density at radius 1 is 1.04 bits per heavy atom. The Labute approximate surface area is 164 Å². The molecule has 0 saturated heterocycles. The van der Waals surface area contributed by atoms with Crippen LogP contribution in [0.1, 0.15) is 16.7 Å². The molecule has 1 aliphatic heterocycles. The molecular formula is C21H14ClN3O3. The summed E-state index contributed by atoms with van der Waals surface area (Å²) >= 11 is 5.97. The van der Waals surface area contributed by atoms with Crippen LogP contribution in [-0.4, -0.2) is 21.3 Å². The van der Waals surface area contributed by atoms with Gasteiger partial charge in [0, 0.05) is 22.4 Å². The van der Waals surface area contributed by atoms with Crippen LogP contribution in [0.25, 0.3) is 11.1 Å². The van der Waals surface area contributed by atoms with Crippen molar-refractivity contribution in [2.24, 2.45) is 4.99 Å². The van der Waals surface area contributed by atoms with E-state index in [1.165, 1.54) is 0 Å². The van der Waals surface area contributed by atoms with E-state index in [0.29, 0.717) is 16.2 Å². The Bertz CT molecular complexity index is 1270. The number of hydrogen-bond donors (Lipinski definition) is 3. The third-order valence-electron chi connectivity index (χ3n) is 4.33. The van der Waals surface area contributed by atoms with Crippen LogP contribution in [0.2, 0.25) is 5.02 Å². The fourth-order valence-corrected chi connectivity index (χ4v) is 3.15. The van der Waals surface area contributed by atoms with Crippen LogP contribution in [0.4, 0.5) is 5.69 Å². The van der Waals surface area contributed by atoms with E-state index in [2.05, 4.69) is 15.0 Å². The Hall–Kier alpha value is -3.64. The van der Waals surface area contributed by atoms with Crippen molar-refractivity contribution in [2.75, 3.05) is 0 Å². The van der Waals surface area contributed by atoms with Crippen molar-refractivity contribution in [2.45, 2.75) is 0 Å². The monoisotopic (exact) mass is 391 g/mol. The molecule has 0 fully saturated rings. The number of aliphatic imine (C=N–C) groups is 1. The predicted octanol–water partition coefficient (Wildman–Crippen LogP) is 3.65. The highest BCUT2D eigenvalue weighted by molar-refractivity contribution is 6.30. The molecule has 1 aromatic heterocycles. The minimum atomic E-state index is -0.781. The number of para-hydroxylation sites is 1. The molecule has 28 heavy (non-hydrogen) atoms. The zero-order chi connectivity index (χ0) is 19.7. The first kappa shape index (κ1) is 17.8. The standard InChI is InChI=1S/C21H14ClN3O3/c22-14-8-5-12(6-9-14)16(18-19(26)24-21(28)25-20(18)27)10-7-13-11-23-17-4-2-1-3-15(13)17/h1-11H,(H3,24,25,26,27,28). The van der Waals surface area contributed by atoms with Crippen LogP contribution in [0.5, 0.6) is 5.88 Å². The molecule has 6 nitrogen and oxygen atoms in total. The number of halogens is 1. The van der Waals surface area contributed by atoms with Crippen molar-refractivity contribution in [3.8, 4) is 5.88 Å². The van der Waals surface area contributed by atoms with Crippen LogP contribution >= 0.6 is 11.6 Å². The van der Waals surface area contributed by atoms with Crippen molar-refractivity contribution in [1.82, 2.24) is 9.97 Å². The van der Waals surface area contributed by atoms with Crippen LogP contribution < -0.4 is 11.2 Å². The Morgan fingerprint density at radius 3 is 2.54 bits per heavy atom. The number of aromatic hydroxyl groups is 1. The lowest BCUT2D eigenvalue weighted by atomic mass is 9.98. The van der Waals surface area contributed by atoms with E-state index in [9.17, 15) is 14.7 Å². The molecule has 0 unspecified atom stereocenters. The summed E-state index contributed by atoms with van der Waals surface area (Å²) in [6.07, 6.45) is 5.25. The first-order chi connectivity index (χ1) is 13.5. The maximum absolute atomic E-state index is 12.4. The summed E-state index contributed by atoms with van der Waals surface area (Å²) in [6.45, 7) is 0. The Kier molecular flexibility index (Phi) is 4.55. The van der Waals surface area contributed by atoms with Gasteiger partial charge in [-0.25, -0.2) is 4.79 Å². The molecule has 2 heterocycles. The Morgan fingerprint density at radius 2 is 1.79 bits per heavy atom. The third kappa shape index (κ3) is 3.33. The smallest absolute Gasteiger partial charge is 0.328 e. The average molecular weight is 392 g/mol. The van der Waals surface area contributed by atoms with Gasteiger partial charge in [-0.15, -0.1) is 0 Å². The summed E-state index contributed by atoms with van der Waals surface area (Å²) in [5, 5.41) is 10.8. The molecule has 4 rings (SSSR count). The van der Waals surface area contributed by atoms with Crippen molar-refractivity contribution in [1.29, 1.82) is 0 Å². The topological polar surface area (TPSA) is 98.3 Å². The quantitative estimate of drug-likeness (QED) is 0.635. The number of fused-ring (bicyclic) bond motifs is 1. The van der Waals surface area contributed by atoms with Crippen molar-refractivity contribution in [3.05, 3.63) is 103 Å². The number of hydrogen-bond acceptors (Lipinski definition) is 4. The van der Waals surface area contributed by atoms with Gasteiger partial charge in [0.25, 0.3) is 5.56 Å². The molecule has 7 heteroatoms. The van der Waals surface area contributed by atoms with Crippen LogP contribution in [0, 0.1) is 0 Å². The highest BCUT2D eigenvalue weighted by Crippen LogP contribution is 2.32. The number of nitrogens with zero attached hydrogens (tertiary/aromatic N) is 1. The highest BCUT2D eigenvalue weighted by Gasteiger charge is 2.16. The second-order valence-electron chi connectivity index (χ2n) is 6.12. The molecule has 1 aliphatic rings. The van der Waals surface area contributed by atoms with E-state index < -0.39 is 17.1 Å². The molecule has 0 saturated carbocycles. The van der Waals surface area contributed by atoms with Crippen LogP contribution in [0.3, 0.4) is 0 Å². The number of aromatic nitrogens is 2. The fourth-order valence-electron chi connectivity index (χ4n) is 3.02. The van der Waals surface area contributed by atoms with Gasteiger partial charge in [-0.1, -0.05) is 54.1 Å². The lowest BCUT2D eigenvalue weighted by Crippen LogP contribution is -2.24. The maximum Gasteiger partial charge on any atom is 0.328 e. The number of rotatable bonds is 3. The Balaban J connectivity index is 1.90. The first-order valence-corrected chi connectivity index (χ1v) is 8.78.